The number of aromatic hydroxyl groups is 1. The largest absolute Gasteiger partial charge is 0.507 e. The van der Waals surface area contributed by atoms with Gasteiger partial charge in [-0.15, -0.1) is 0 Å². The number of hydrogen-bond donors (Lipinski definition) is 2. The number of fused-ring (bicyclic) bond motifs is 1. The second-order valence-electron chi connectivity index (χ2n) is 4.15. The predicted octanol–water partition coefficient (Wildman–Crippen LogP) is 1.48. The number of aliphatic hydroxyl groups is 1. The number of rotatable bonds is 3. The first-order valence-corrected chi connectivity index (χ1v) is 5.83. The first-order valence-electron chi connectivity index (χ1n) is 5.83. The summed E-state index contributed by atoms with van der Waals surface area (Å²) in [6, 6.07) is 3.46. The summed E-state index contributed by atoms with van der Waals surface area (Å²) in [6.07, 6.45) is 1.34. The first kappa shape index (κ1) is 11.9. The van der Waals surface area contributed by atoms with Crippen LogP contribution in [0.5, 0.6) is 5.75 Å². The minimum absolute atomic E-state index is 0.0422. The topological polar surface area (TPSA) is 66.8 Å². The Hall–Kier alpha value is -1.55. The fraction of sp³-hybridized carbons (Fsp3) is 0.462. The highest BCUT2D eigenvalue weighted by Crippen LogP contribution is 2.35. The zero-order chi connectivity index (χ0) is 12.4. The summed E-state index contributed by atoms with van der Waals surface area (Å²) in [5.41, 5.74) is 2.19. The van der Waals surface area contributed by atoms with Crippen LogP contribution >= 0.6 is 0 Å². The number of phenolic OH excluding ortho intramolecular Hbond substituents is 1. The van der Waals surface area contributed by atoms with Crippen molar-refractivity contribution in [3.63, 3.8) is 0 Å². The third-order valence-corrected chi connectivity index (χ3v) is 3.09. The molecule has 4 heteroatoms. The Balaban J connectivity index is 2.30. The van der Waals surface area contributed by atoms with E-state index in [2.05, 4.69) is 0 Å². The molecule has 0 aliphatic heterocycles. The Morgan fingerprint density at radius 1 is 1.47 bits per heavy atom. The quantitative estimate of drug-likeness (QED) is 0.780. The molecule has 0 spiro atoms. The van der Waals surface area contributed by atoms with Crippen molar-refractivity contribution < 1.29 is 19.7 Å². The van der Waals surface area contributed by atoms with Crippen molar-refractivity contribution in [2.75, 3.05) is 6.61 Å². The maximum absolute atomic E-state index is 11.4. The van der Waals surface area contributed by atoms with Gasteiger partial charge in [-0.2, -0.15) is 0 Å². The molecule has 2 rings (SSSR count). The van der Waals surface area contributed by atoms with Crippen LogP contribution in [0.2, 0.25) is 0 Å². The van der Waals surface area contributed by atoms with Gasteiger partial charge in [-0.1, -0.05) is 12.1 Å². The maximum Gasteiger partial charge on any atom is 0.339 e. The van der Waals surface area contributed by atoms with Crippen LogP contribution in [0, 0.1) is 0 Å². The van der Waals surface area contributed by atoms with Crippen LogP contribution < -0.4 is 0 Å². The average Bonchev–Trinajstić information content (AvgIpc) is 2.78. The molecule has 0 heterocycles. The summed E-state index contributed by atoms with van der Waals surface area (Å²) < 4.78 is 4.73. The van der Waals surface area contributed by atoms with E-state index in [-0.39, 0.29) is 17.9 Å². The lowest BCUT2D eigenvalue weighted by Crippen LogP contribution is -2.15. The Morgan fingerprint density at radius 3 is 2.94 bits per heavy atom. The Kier molecular flexibility index (Phi) is 3.33. The summed E-state index contributed by atoms with van der Waals surface area (Å²) in [5, 5.41) is 19.8. The lowest BCUT2D eigenvalue weighted by atomic mass is 10.0. The standard InChI is InChI=1S/C13H16O4/c1-2-17-13(16)12(15)10-7-6-8-4-3-5-9(8)11(10)14/h6-7,12,14-15H,2-5H2,1H3. The van der Waals surface area contributed by atoms with Crippen molar-refractivity contribution >= 4 is 5.97 Å². The number of ether oxygens (including phenoxy) is 1. The highest BCUT2D eigenvalue weighted by Gasteiger charge is 2.25. The molecule has 0 aromatic heterocycles. The number of aryl methyl sites for hydroxylation is 1. The number of carbonyl (C=O) groups is 1. The molecule has 4 nitrogen and oxygen atoms in total. The fourth-order valence-electron chi connectivity index (χ4n) is 2.23. The first-order chi connectivity index (χ1) is 8.15. The number of esters is 1. The van der Waals surface area contributed by atoms with Crippen molar-refractivity contribution in [2.24, 2.45) is 0 Å². The summed E-state index contributed by atoms with van der Waals surface area (Å²) in [5.74, 6) is -0.679. The summed E-state index contributed by atoms with van der Waals surface area (Å²) in [7, 11) is 0. The van der Waals surface area contributed by atoms with Gasteiger partial charge in [0.2, 0.25) is 0 Å². The van der Waals surface area contributed by atoms with Crippen molar-refractivity contribution in [3.8, 4) is 5.75 Å². The van der Waals surface area contributed by atoms with Crippen molar-refractivity contribution in [1.82, 2.24) is 0 Å². The molecule has 17 heavy (non-hydrogen) atoms. The summed E-state index contributed by atoms with van der Waals surface area (Å²) in [4.78, 5) is 11.4. The second kappa shape index (κ2) is 4.75. The van der Waals surface area contributed by atoms with Gasteiger partial charge in [0, 0.05) is 5.56 Å². The van der Waals surface area contributed by atoms with E-state index in [4.69, 9.17) is 4.74 Å². The molecule has 0 saturated carbocycles. The number of phenols is 1. The molecule has 0 bridgehead atoms. The molecule has 2 N–H and O–H groups in total. The van der Waals surface area contributed by atoms with Crippen molar-refractivity contribution in [3.05, 3.63) is 28.8 Å². The van der Waals surface area contributed by atoms with E-state index in [0.717, 1.165) is 30.4 Å². The van der Waals surface area contributed by atoms with E-state index in [1.807, 2.05) is 6.07 Å². The lowest BCUT2D eigenvalue weighted by molar-refractivity contribution is -0.153. The number of benzene rings is 1. The third-order valence-electron chi connectivity index (χ3n) is 3.09. The van der Waals surface area contributed by atoms with Crippen LogP contribution in [0.25, 0.3) is 0 Å². The third kappa shape index (κ3) is 2.13. The van der Waals surface area contributed by atoms with Crippen molar-refractivity contribution in [1.29, 1.82) is 0 Å². The molecule has 1 unspecified atom stereocenters. The van der Waals surface area contributed by atoms with Crippen LogP contribution in [0.3, 0.4) is 0 Å². The van der Waals surface area contributed by atoms with Crippen LogP contribution in [-0.2, 0) is 22.4 Å². The Morgan fingerprint density at radius 2 is 2.24 bits per heavy atom. The summed E-state index contributed by atoms with van der Waals surface area (Å²) >= 11 is 0. The summed E-state index contributed by atoms with van der Waals surface area (Å²) in [6.45, 7) is 1.88. The molecule has 0 radical (unpaired) electrons. The molecule has 1 aromatic carbocycles. The normalized spacial score (nSPS) is 15.4. The van der Waals surface area contributed by atoms with Gasteiger partial charge in [0.25, 0.3) is 0 Å². The van der Waals surface area contributed by atoms with E-state index in [0.29, 0.717) is 0 Å². The van der Waals surface area contributed by atoms with Gasteiger partial charge in [-0.25, -0.2) is 4.79 Å². The average molecular weight is 236 g/mol. The zero-order valence-electron chi connectivity index (χ0n) is 9.77. The fourth-order valence-corrected chi connectivity index (χ4v) is 2.23. The number of aliphatic hydroxyl groups excluding tert-OH is 1. The smallest absolute Gasteiger partial charge is 0.339 e. The van der Waals surface area contributed by atoms with Crippen LogP contribution in [-0.4, -0.2) is 22.8 Å². The van der Waals surface area contributed by atoms with Gasteiger partial charge in [0.1, 0.15) is 5.75 Å². The van der Waals surface area contributed by atoms with Gasteiger partial charge < -0.3 is 14.9 Å². The lowest BCUT2D eigenvalue weighted by Gasteiger charge is -2.14. The number of carbonyl (C=O) groups excluding carboxylic acids is 1. The van der Waals surface area contributed by atoms with Gasteiger partial charge in [-0.3, -0.25) is 0 Å². The van der Waals surface area contributed by atoms with Gasteiger partial charge in [-0.05, 0) is 37.3 Å². The van der Waals surface area contributed by atoms with Gasteiger partial charge in [0.05, 0.1) is 6.61 Å². The zero-order valence-corrected chi connectivity index (χ0v) is 9.77. The highest BCUT2D eigenvalue weighted by molar-refractivity contribution is 5.77. The Labute approximate surface area is 99.8 Å². The molecule has 0 amide bonds. The minimum atomic E-state index is -1.40. The Bertz CT molecular complexity index is 439. The molecule has 0 saturated heterocycles. The van der Waals surface area contributed by atoms with E-state index in [9.17, 15) is 15.0 Å². The van der Waals surface area contributed by atoms with Crippen LogP contribution in [0.4, 0.5) is 0 Å². The molecule has 1 aliphatic rings. The van der Waals surface area contributed by atoms with E-state index in [1.165, 1.54) is 0 Å². The second-order valence-corrected chi connectivity index (χ2v) is 4.15. The molecule has 92 valence electrons. The highest BCUT2D eigenvalue weighted by atomic mass is 16.5. The van der Waals surface area contributed by atoms with Crippen LogP contribution in [0.1, 0.15) is 36.1 Å². The molecule has 1 aromatic rings. The van der Waals surface area contributed by atoms with Crippen LogP contribution in [0.15, 0.2) is 12.1 Å². The van der Waals surface area contributed by atoms with E-state index >= 15 is 0 Å². The monoisotopic (exact) mass is 236 g/mol. The minimum Gasteiger partial charge on any atom is -0.507 e. The molecule has 1 aliphatic carbocycles. The predicted molar refractivity (Wildman–Crippen MR) is 61.7 cm³/mol. The maximum atomic E-state index is 11.4. The van der Waals surface area contributed by atoms with Crippen molar-refractivity contribution in [2.45, 2.75) is 32.3 Å². The molecular formula is C13H16O4. The van der Waals surface area contributed by atoms with E-state index in [1.54, 1.807) is 13.0 Å². The number of hydrogen-bond acceptors (Lipinski definition) is 4. The van der Waals surface area contributed by atoms with Gasteiger partial charge >= 0.3 is 5.97 Å². The van der Waals surface area contributed by atoms with E-state index < -0.39 is 12.1 Å². The molecule has 0 fully saturated rings. The SMILES string of the molecule is CCOC(=O)C(O)c1ccc2c(c1O)CCC2. The molecular weight excluding hydrogens is 220 g/mol. The van der Waals surface area contributed by atoms with Gasteiger partial charge in [0.15, 0.2) is 6.10 Å². The molecule has 1 atom stereocenters.